The second kappa shape index (κ2) is 6.75. The van der Waals surface area contributed by atoms with Crippen molar-refractivity contribution in [1.82, 2.24) is 5.32 Å². The van der Waals surface area contributed by atoms with Crippen LogP contribution >= 0.6 is 22.9 Å². The van der Waals surface area contributed by atoms with Gasteiger partial charge in [0.05, 0.1) is 0 Å². The standard InChI is InChI=1S/C17H22ClNS/c1-5-19-17(11(2)3)16-9-8-15(20-16)13-7-6-12(4)14(18)10-13/h6-11,17,19H,5H2,1-4H3. The molecule has 0 amide bonds. The molecular formula is C17H22ClNS. The van der Waals surface area contributed by atoms with E-state index in [1.54, 1.807) is 0 Å². The Morgan fingerprint density at radius 3 is 2.55 bits per heavy atom. The van der Waals surface area contributed by atoms with Crippen LogP contribution in [0.3, 0.4) is 0 Å². The molecule has 2 aromatic rings. The van der Waals surface area contributed by atoms with Gasteiger partial charge in [0.15, 0.2) is 0 Å². The van der Waals surface area contributed by atoms with Gasteiger partial charge in [-0.25, -0.2) is 0 Å². The molecule has 1 heterocycles. The number of halogens is 1. The molecule has 3 heteroatoms. The predicted octanol–water partition coefficient (Wildman–Crippen LogP) is 5.68. The molecule has 0 aliphatic rings. The van der Waals surface area contributed by atoms with Crippen molar-refractivity contribution < 1.29 is 0 Å². The highest BCUT2D eigenvalue weighted by atomic mass is 35.5. The quantitative estimate of drug-likeness (QED) is 0.749. The predicted molar refractivity (Wildman–Crippen MR) is 90.8 cm³/mol. The first-order chi connectivity index (χ1) is 9.52. The topological polar surface area (TPSA) is 12.0 Å². The zero-order chi connectivity index (χ0) is 14.7. The van der Waals surface area contributed by atoms with Crippen LogP contribution in [0.4, 0.5) is 0 Å². The average molecular weight is 308 g/mol. The van der Waals surface area contributed by atoms with E-state index in [9.17, 15) is 0 Å². The van der Waals surface area contributed by atoms with Gasteiger partial charge in [0.25, 0.3) is 0 Å². The fraction of sp³-hybridized carbons (Fsp3) is 0.412. The number of thiophene rings is 1. The van der Waals surface area contributed by atoms with Crippen LogP contribution < -0.4 is 5.32 Å². The van der Waals surface area contributed by atoms with Gasteiger partial charge in [0.1, 0.15) is 0 Å². The minimum absolute atomic E-state index is 0.430. The maximum atomic E-state index is 6.23. The lowest BCUT2D eigenvalue weighted by atomic mass is 10.0. The van der Waals surface area contributed by atoms with Gasteiger partial charge in [0.2, 0.25) is 0 Å². The van der Waals surface area contributed by atoms with Crippen LogP contribution in [0.5, 0.6) is 0 Å². The molecule has 0 saturated carbocycles. The fourth-order valence-electron chi connectivity index (χ4n) is 2.31. The van der Waals surface area contributed by atoms with Gasteiger partial charge in [-0.2, -0.15) is 0 Å². The van der Waals surface area contributed by atoms with Gasteiger partial charge in [-0.1, -0.05) is 44.5 Å². The summed E-state index contributed by atoms with van der Waals surface area (Å²) in [6.07, 6.45) is 0. The lowest BCUT2D eigenvalue weighted by Gasteiger charge is -2.20. The third-order valence-corrected chi connectivity index (χ3v) is 5.10. The number of benzene rings is 1. The van der Waals surface area contributed by atoms with Crippen molar-refractivity contribution in [1.29, 1.82) is 0 Å². The van der Waals surface area contributed by atoms with Crippen LogP contribution in [0.15, 0.2) is 30.3 Å². The van der Waals surface area contributed by atoms with Crippen LogP contribution in [0.25, 0.3) is 10.4 Å². The van der Waals surface area contributed by atoms with E-state index >= 15 is 0 Å². The Balaban J connectivity index is 2.29. The maximum absolute atomic E-state index is 6.23. The van der Waals surface area contributed by atoms with E-state index in [0.717, 1.165) is 17.1 Å². The molecule has 1 aromatic carbocycles. The second-order valence-corrected chi connectivity index (χ2v) is 6.97. The molecule has 1 aromatic heterocycles. The molecule has 20 heavy (non-hydrogen) atoms. The first kappa shape index (κ1) is 15.6. The largest absolute Gasteiger partial charge is 0.309 e. The Morgan fingerprint density at radius 1 is 1.20 bits per heavy atom. The van der Waals surface area contributed by atoms with Gasteiger partial charge in [-0.3, -0.25) is 0 Å². The van der Waals surface area contributed by atoms with Crippen LogP contribution in [0, 0.1) is 12.8 Å². The zero-order valence-corrected chi connectivity index (χ0v) is 14.1. The smallest absolute Gasteiger partial charge is 0.0441 e. The normalized spacial score (nSPS) is 12.9. The first-order valence-corrected chi connectivity index (χ1v) is 8.32. The fourth-order valence-corrected chi connectivity index (χ4v) is 3.74. The third-order valence-electron chi connectivity index (χ3n) is 3.48. The summed E-state index contributed by atoms with van der Waals surface area (Å²) in [7, 11) is 0. The summed E-state index contributed by atoms with van der Waals surface area (Å²) >= 11 is 8.08. The minimum atomic E-state index is 0.430. The van der Waals surface area contributed by atoms with Crippen LogP contribution in [-0.4, -0.2) is 6.54 Å². The van der Waals surface area contributed by atoms with Crippen molar-refractivity contribution in [2.24, 2.45) is 5.92 Å². The second-order valence-electron chi connectivity index (χ2n) is 5.45. The Kier molecular flexibility index (Phi) is 5.25. The lowest BCUT2D eigenvalue weighted by Crippen LogP contribution is -2.24. The Bertz CT molecular complexity index is 574. The Morgan fingerprint density at radius 2 is 1.95 bits per heavy atom. The Labute approximate surface area is 131 Å². The van der Waals surface area contributed by atoms with E-state index in [1.165, 1.54) is 15.3 Å². The number of nitrogens with one attached hydrogen (secondary N) is 1. The molecule has 1 N–H and O–H groups in total. The summed E-state index contributed by atoms with van der Waals surface area (Å²) < 4.78 is 0. The highest BCUT2D eigenvalue weighted by Gasteiger charge is 2.17. The molecule has 0 aliphatic heterocycles. The van der Waals surface area contributed by atoms with E-state index in [1.807, 2.05) is 18.3 Å². The summed E-state index contributed by atoms with van der Waals surface area (Å²) in [5.74, 6) is 0.586. The zero-order valence-electron chi connectivity index (χ0n) is 12.5. The molecule has 1 unspecified atom stereocenters. The molecule has 0 aliphatic carbocycles. The van der Waals surface area contributed by atoms with Gasteiger partial charge < -0.3 is 5.32 Å². The van der Waals surface area contributed by atoms with E-state index in [4.69, 9.17) is 11.6 Å². The lowest BCUT2D eigenvalue weighted by molar-refractivity contribution is 0.428. The van der Waals surface area contributed by atoms with Crippen molar-refractivity contribution in [3.63, 3.8) is 0 Å². The Hall–Kier alpha value is -0.830. The number of rotatable bonds is 5. The molecule has 2 rings (SSSR count). The first-order valence-electron chi connectivity index (χ1n) is 7.12. The van der Waals surface area contributed by atoms with E-state index < -0.39 is 0 Å². The van der Waals surface area contributed by atoms with Crippen molar-refractivity contribution in [3.8, 4) is 10.4 Å². The van der Waals surface area contributed by atoms with Gasteiger partial charge >= 0.3 is 0 Å². The minimum Gasteiger partial charge on any atom is -0.309 e. The van der Waals surface area contributed by atoms with E-state index in [0.29, 0.717) is 12.0 Å². The van der Waals surface area contributed by atoms with E-state index in [2.05, 4.69) is 56.4 Å². The molecule has 108 valence electrons. The highest BCUT2D eigenvalue weighted by molar-refractivity contribution is 7.15. The molecular weight excluding hydrogens is 286 g/mol. The van der Waals surface area contributed by atoms with Crippen LogP contribution in [-0.2, 0) is 0 Å². The molecule has 0 saturated heterocycles. The number of hydrogen-bond donors (Lipinski definition) is 1. The molecule has 0 radical (unpaired) electrons. The molecule has 1 atom stereocenters. The summed E-state index contributed by atoms with van der Waals surface area (Å²) in [5, 5.41) is 4.41. The van der Waals surface area contributed by atoms with E-state index in [-0.39, 0.29) is 0 Å². The van der Waals surface area contributed by atoms with Crippen LogP contribution in [0.2, 0.25) is 5.02 Å². The van der Waals surface area contributed by atoms with Crippen molar-refractivity contribution in [2.75, 3.05) is 6.54 Å². The highest BCUT2D eigenvalue weighted by Crippen LogP contribution is 2.35. The van der Waals surface area contributed by atoms with Gasteiger partial charge in [0, 0.05) is 20.8 Å². The van der Waals surface area contributed by atoms with Crippen molar-refractivity contribution in [2.45, 2.75) is 33.7 Å². The SMILES string of the molecule is CCNC(c1ccc(-c2ccc(C)c(Cl)c2)s1)C(C)C. The molecule has 1 nitrogen and oxygen atoms in total. The van der Waals surface area contributed by atoms with Gasteiger partial charge in [-0.05, 0) is 48.7 Å². The number of aryl methyl sites for hydroxylation is 1. The van der Waals surface area contributed by atoms with Crippen molar-refractivity contribution >= 4 is 22.9 Å². The monoisotopic (exact) mass is 307 g/mol. The van der Waals surface area contributed by atoms with Crippen LogP contribution in [0.1, 0.15) is 37.3 Å². The average Bonchev–Trinajstić information content (AvgIpc) is 2.88. The molecule has 0 spiro atoms. The summed E-state index contributed by atoms with van der Waals surface area (Å²) in [6.45, 7) is 9.70. The molecule has 0 fully saturated rings. The maximum Gasteiger partial charge on any atom is 0.0441 e. The van der Waals surface area contributed by atoms with Crippen molar-refractivity contribution in [3.05, 3.63) is 45.8 Å². The summed E-state index contributed by atoms with van der Waals surface area (Å²) in [5.41, 5.74) is 2.33. The third kappa shape index (κ3) is 3.43. The summed E-state index contributed by atoms with van der Waals surface area (Å²) in [4.78, 5) is 2.68. The number of hydrogen-bond acceptors (Lipinski definition) is 2. The van der Waals surface area contributed by atoms with Gasteiger partial charge in [-0.15, -0.1) is 11.3 Å². The summed E-state index contributed by atoms with van der Waals surface area (Å²) in [6, 6.07) is 11.2. The molecule has 0 bridgehead atoms.